The Bertz CT molecular complexity index is 806. The van der Waals surface area contributed by atoms with Gasteiger partial charge in [0.15, 0.2) is 0 Å². The molecule has 1 aromatic rings. The van der Waals surface area contributed by atoms with Gasteiger partial charge in [-0.1, -0.05) is 6.08 Å². The van der Waals surface area contributed by atoms with Gasteiger partial charge in [0.25, 0.3) is 0 Å². The molecule has 2 amide bonds. The maximum atomic E-state index is 12.3. The lowest BCUT2D eigenvalue weighted by atomic mass is 10.2. The molecule has 12 heteroatoms. The van der Waals surface area contributed by atoms with Crippen LogP contribution in [0.3, 0.4) is 0 Å². The van der Waals surface area contributed by atoms with Crippen molar-refractivity contribution in [3.63, 3.8) is 0 Å². The Morgan fingerprint density at radius 3 is 2.31 bits per heavy atom. The number of carbonyl (C=O) groups is 1. The molecule has 2 atom stereocenters. The van der Waals surface area contributed by atoms with Crippen LogP contribution in [0.2, 0.25) is 0 Å². The molecular weight excluding hydrogens is 446 g/mol. The minimum atomic E-state index is -4.84. The van der Waals surface area contributed by atoms with Gasteiger partial charge in [-0.2, -0.15) is 0 Å². The predicted molar refractivity (Wildman–Crippen MR) is 102 cm³/mol. The van der Waals surface area contributed by atoms with E-state index in [9.17, 15) is 31.1 Å². The van der Waals surface area contributed by atoms with Crippen molar-refractivity contribution in [2.45, 2.75) is 51.1 Å². The first-order valence-corrected chi connectivity index (χ1v) is 9.59. The molecule has 0 aromatic heterocycles. The molecule has 1 fully saturated rings. The number of nitrogens with one attached hydrogen (secondary N) is 2. The molecule has 0 spiro atoms. The topological polar surface area (TPSA) is 68.8 Å². The second-order valence-corrected chi connectivity index (χ2v) is 6.78. The van der Waals surface area contributed by atoms with Crippen molar-refractivity contribution < 1.29 is 45.3 Å². The average Bonchev–Trinajstić information content (AvgIpc) is 3.07. The van der Waals surface area contributed by atoms with Gasteiger partial charge in [-0.05, 0) is 56.2 Å². The summed E-state index contributed by atoms with van der Waals surface area (Å²) in [5, 5.41) is 5.12. The van der Waals surface area contributed by atoms with Gasteiger partial charge in [0.05, 0.1) is 0 Å². The van der Waals surface area contributed by atoms with E-state index in [1.54, 1.807) is 0 Å². The highest BCUT2D eigenvalue weighted by molar-refractivity contribution is 5.74. The fourth-order valence-electron chi connectivity index (χ4n) is 3.01. The normalized spacial score (nSPS) is 19.7. The van der Waals surface area contributed by atoms with Gasteiger partial charge in [0.1, 0.15) is 23.4 Å². The molecule has 0 heterocycles. The zero-order chi connectivity index (χ0) is 23.8. The number of carbonyl (C=O) groups excluding carboxylic acids is 1. The molecule has 6 nitrogen and oxygen atoms in total. The van der Waals surface area contributed by atoms with Gasteiger partial charge in [0, 0.05) is 19.0 Å². The summed E-state index contributed by atoms with van der Waals surface area (Å²) in [6.07, 6.45) is -4.62. The summed E-state index contributed by atoms with van der Waals surface area (Å²) in [4.78, 5) is 12.0. The number of hydrogen-bond acceptors (Lipinski definition) is 4. The van der Waals surface area contributed by atoms with Crippen molar-refractivity contribution in [3.05, 3.63) is 48.3 Å². The van der Waals surface area contributed by atoms with Crippen LogP contribution < -0.4 is 20.1 Å². The second kappa shape index (κ2) is 11.0. The molecule has 2 rings (SSSR count). The molecule has 0 saturated heterocycles. The first kappa shape index (κ1) is 25.2. The van der Waals surface area contributed by atoms with E-state index in [1.165, 1.54) is 25.1 Å². The predicted octanol–water partition coefficient (Wildman–Crippen LogP) is 5.18. The Morgan fingerprint density at radius 2 is 1.72 bits per heavy atom. The summed E-state index contributed by atoms with van der Waals surface area (Å²) >= 11 is 0. The summed E-state index contributed by atoms with van der Waals surface area (Å²) in [5.74, 6) is -0.443. The van der Waals surface area contributed by atoms with E-state index in [0.29, 0.717) is 25.0 Å². The highest BCUT2D eigenvalue weighted by Gasteiger charge is 2.32. The number of amides is 2. The van der Waals surface area contributed by atoms with Crippen molar-refractivity contribution in [3.8, 4) is 11.5 Å². The van der Waals surface area contributed by atoms with E-state index in [1.807, 2.05) is 0 Å². The van der Waals surface area contributed by atoms with Crippen LogP contribution in [0.25, 0.3) is 0 Å². The smallest absolute Gasteiger partial charge is 0.490 e. The first-order valence-electron chi connectivity index (χ1n) is 9.59. The highest BCUT2D eigenvalue weighted by Crippen LogP contribution is 2.28. The van der Waals surface area contributed by atoms with Crippen molar-refractivity contribution in [1.82, 2.24) is 10.6 Å². The van der Waals surface area contributed by atoms with Crippen LogP contribution in [0, 0.1) is 0 Å². The van der Waals surface area contributed by atoms with E-state index in [-0.39, 0.29) is 24.4 Å². The van der Waals surface area contributed by atoms with Crippen LogP contribution in [0.5, 0.6) is 11.5 Å². The van der Waals surface area contributed by atoms with E-state index in [0.717, 1.165) is 24.3 Å². The van der Waals surface area contributed by atoms with Crippen molar-refractivity contribution >= 4 is 6.03 Å². The van der Waals surface area contributed by atoms with Crippen LogP contribution in [0.15, 0.2) is 48.3 Å². The molecule has 0 radical (unpaired) electrons. The maximum Gasteiger partial charge on any atom is 0.573 e. The lowest BCUT2D eigenvalue weighted by molar-refractivity contribution is -0.303. The zero-order valence-electron chi connectivity index (χ0n) is 16.9. The van der Waals surface area contributed by atoms with Gasteiger partial charge in [-0.3, -0.25) is 0 Å². The number of alkyl halides is 6. The van der Waals surface area contributed by atoms with Crippen molar-refractivity contribution in [2.24, 2.45) is 0 Å². The number of ether oxygens (including phenoxy) is 3. The Kier molecular flexibility index (Phi) is 8.67. The lowest BCUT2D eigenvalue weighted by Crippen LogP contribution is -2.41. The zero-order valence-corrected chi connectivity index (χ0v) is 16.9. The third kappa shape index (κ3) is 9.84. The summed E-state index contributed by atoms with van der Waals surface area (Å²) in [6.45, 7) is 1.34. The minimum Gasteiger partial charge on any atom is -0.490 e. The Hall–Kier alpha value is -3.05. The molecule has 2 N–H and O–H groups in total. The summed E-state index contributed by atoms with van der Waals surface area (Å²) in [7, 11) is 0. The van der Waals surface area contributed by atoms with Gasteiger partial charge in [0.2, 0.25) is 0 Å². The molecule has 0 aliphatic heterocycles. The quantitative estimate of drug-likeness (QED) is 0.313. The SMILES string of the molecule is CC=CC(=CCNC(=O)NC1CCC(Oc2ccc(OC(F)(F)F)cc2)C1)OC(F)(F)F. The van der Waals surface area contributed by atoms with E-state index < -0.39 is 24.5 Å². The van der Waals surface area contributed by atoms with E-state index in [4.69, 9.17) is 4.74 Å². The highest BCUT2D eigenvalue weighted by atomic mass is 19.4. The monoisotopic (exact) mass is 468 g/mol. The van der Waals surface area contributed by atoms with Gasteiger partial charge < -0.3 is 24.8 Å². The number of urea groups is 1. The van der Waals surface area contributed by atoms with Crippen molar-refractivity contribution in [2.75, 3.05) is 6.54 Å². The molecule has 0 bridgehead atoms. The molecular formula is C20H22F6N2O4. The largest absolute Gasteiger partial charge is 0.573 e. The molecule has 1 aromatic carbocycles. The summed E-state index contributed by atoms with van der Waals surface area (Å²) < 4.78 is 86.8. The second-order valence-electron chi connectivity index (χ2n) is 6.78. The van der Waals surface area contributed by atoms with Gasteiger partial charge >= 0.3 is 18.8 Å². The maximum absolute atomic E-state index is 12.3. The number of rotatable bonds is 8. The van der Waals surface area contributed by atoms with E-state index >= 15 is 0 Å². The van der Waals surface area contributed by atoms with Crippen LogP contribution in [0.4, 0.5) is 31.1 Å². The molecule has 2 unspecified atom stereocenters. The molecule has 32 heavy (non-hydrogen) atoms. The van der Waals surface area contributed by atoms with Crippen LogP contribution in [-0.4, -0.2) is 37.4 Å². The number of hydrogen-bond donors (Lipinski definition) is 2. The standard InChI is InChI=1S/C20H22F6N2O4/c1-2-3-15(31-19(21,22)23)10-11-27-18(29)28-13-4-5-17(12-13)30-14-6-8-16(9-7-14)32-20(24,25)26/h2-3,6-10,13,17H,4-5,11-12H2,1H3,(H2,27,28,29). The van der Waals surface area contributed by atoms with E-state index in [2.05, 4.69) is 20.1 Å². The van der Waals surface area contributed by atoms with Crippen LogP contribution in [0.1, 0.15) is 26.2 Å². The number of allylic oxidation sites excluding steroid dienone is 2. The van der Waals surface area contributed by atoms with Crippen LogP contribution in [-0.2, 0) is 4.74 Å². The summed E-state index contributed by atoms with van der Waals surface area (Å²) in [5.41, 5.74) is 0. The molecule has 1 aliphatic rings. The first-order chi connectivity index (χ1) is 14.9. The average molecular weight is 468 g/mol. The fourth-order valence-corrected chi connectivity index (χ4v) is 3.01. The Balaban J connectivity index is 1.75. The third-order valence-electron chi connectivity index (χ3n) is 4.21. The number of halogens is 6. The van der Waals surface area contributed by atoms with Crippen molar-refractivity contribution in [1.29, 1.82) is 0 Å². The van der Waals surface area contributed by atoms with Gasteiger partial charge in [-0.15, -0.1) is 26.3 Å². The fraction of sp³-hybridized carbons (Fsp3) is 0.450. The molecule has 1 saturated carbocycles. The molecule has 1 aliphatic carbocycles. The number of benzene rings is 1. The molecule has 178 valence electrons. The van der Waals surface area contributed by atoms with Crippen LogP contribution >= 0.6 is 0 Å². The minimum absolute atomic E-state index is 0.180. The Morgan fingerprint density at radius 1 is 1.06 bits per heavy atom. The Labute approximate surface area is 180 Å². The third-order valence-corrected chi connectivity index (χ3v) is 4.21. The lowest BCUT2D eigenvalue weighted by Gasteiger charge is -2.16. The summed E-state index contributed by atoms with van der Waals surface area (Å²) in [6, 6.07) is 4.20. The van der Waals surface area contributed by atoms with Gasteiger partial charge in [-0.25, -0.2) is 4.79 Å².